The molecule has 0 spiro atoms. The zero-order valence-electron chi connectivity index (χ0n) is 13.3. The minimum atomic E-state index is -0.0151. The summed E-state index contributed by atoms with van der Waals surface area (Å²) in [6.45, 7) is 7.84. The van der Waals surface area contributed by atoms with E-state index in [4.69, 9.17) is 0 Å². The smallest absolute Gasteiger partial charge is 0.277 e. The van der Waals surface area contributed by atoms with Gasteiger partial charge in [-0.25, -0.2) is 4.98 Å². The summed E-state index contributed by atoms with van der Waals surface area (Å²) < 4.78 is 1.70. The lowest BCUT2D eigenvalue weighted by Crippen LogP contribution is -2.24. The Morgan fingerprint density at radius 2 is 1.71 bits per heavy atom. The van der Waals surface area contributed by atoms with E-state index < -0.39 is 0 Å². The molecule has 4 heteroatoms. The predicted molar refractivity (Wildman–Crippen MR) is 84.3 cm³/mol. The third-order valence-electron chi connectivity index (χ3n) is 4.59. The van der Waals surface area contributed by atoms with Crippen molar-refractivity contribution in [3.05, 3.63) is 50.6 Å². The lowest BCUT2D eigenvalue weighted by molar-refractivity contribution is 0.353. The van der Waals surface area contributed by atoms with Gasteiger partial charge in [-0.1, -0.05) is 12.1 Å². The van der Waals surface area contributed by atoms with E-state index in [1.807, 2.05) is 27.0 Å². The second-order valence-electron chi connectivity index (χ2n) is 6.05. The molecule has 1 aromatic heterocycles. The van der Waals surface area contributed by atoms with Gasteiger partial charge in [-0.2, -0.15) is 0 Å². The van der Waals surface area contributed by atoms with E-state index in [9.17, 15) is 4.79 Å². The van der Waals surface area contributed by atoms with E-state index in [0.29, 0.717) is 5.69 Å². The molecule has 110 valence electrons. The van der Waals surface area contributed by atoms with Crippen LogP contribution in [0.25, 0.3) is 11.3 Å². The van der Waals surface area contributed by atoms with Crippen molar-refractivity contribution in [3.8, 4) is 11.3 Å². The Kier molecular flexibility index (Phi) is 3.21. The Labute approximate surface area is 125 Å². The number of aromatic nitrogens is 2. The summed E-state index contributed by atoms with van der Waals surface area (Å²) in [6.07, 6.45) is 0. The van der Waals surface area contributed by atoms with Crippen LogP contribution in [0.15, 0.2) is 16.9 Å². The average molecular weight is 283 g/mol. The Morgan fingerprint density at radius 3 is 2.43 bits per heavy atom. The van der Waals surface area contributed by atoms with Crippen molar-refractivity contribution in [2.75, 3.05) is 7.05 Å². The average Bonchev–Trinajstić information content (AvgIpc) is 2.84. The molecule has 1 aliphatic rings. The molecule has 2 heterocycles. The van der Waals surface area contributed by atoms with Crippen LogP contribution >= 0.6 is 0 Å². The van der Waals surface area contributed by atoms with Gasteiger partial charge in [0.2, 0.25) is 0 Å². The first-order valence-corrected chi connectivity index (χ1v) is 7.24. The molecule has 0 atom stereocenters. The molecule has 0 aliphatic carbocycles. The normalized spacial score (nSPS) is 14.5. The molecule has 3 rings (SSSR count). The third kappa shape index (κ3) is 2.10. The molecule has 0 saturated carbocycles. The van der Waals surface area contributed by atoms with Crippen molar-refractivity contribution in [3.63, 3.8) is 0 Å². The van der Waals surface area contributed by atoms with Gasteiger partial charge in [0.05, 0.1) is 5.69 Å². The summed E-state index contributed by atoms with van der Waals surface area (Å²) in [5, 5.41) is 0. The van der Waals surface area contributed by atoms with Crippen molar-refractivity contribution < 1.29 is 0 Å². The fourth-order valence-corrected chi connectivity index (χ4v) is 3.05. The second kappa shape index (κ2) is 4.81. The zero-order chi connectivity index (χ0) is 15.3. The van der Waals surface area contributed by atoms with E-state index in [1.165, 1.54) is 16.7 Å². The minimum Gasteiger partial charge on any atom is -0.312 e. The van der Waals surface area contributed by atoms with E-state index in [-0.39, 0.29) is 5.56 Å². The quantitative estimate of drug-likeness (QED) is 0.806. The number of benzene rings is 1. The van der Waals surface area contributed by atoms with Gasteiger partial charge < -0.3 is 4.57 Å². The summed E-state index contributed by atoms with van der Waals surface area (Å²) in [4.78, 5) is 19.4. The van der Waals surface area contributed by atoms with Crippen LogP contribution < -0.4 is 5.56 Å². The van der Waals surface area contributed by atoms with Crippen molar-refractivity contribution >= 4 is 0 Å². The van der Waals surface area contributed by atoms with Crippen LogP contribution in [0, 0.1) is 20.8 Å². The molecule has 0 saturated heterocycles. The van der Waals surface area contributed by atoms with Crippen LogP contribution in [0.2, 0.25) is 0 Å². The summed E-state index contributed by atoms with van der Waals surface area (Å²) in [6, 6.07) is 4.15. The lowest BCUT2D eigenvalue weighted by Gasteiger charge is -2.13. The predicted octanol–water partition coefficient (Wildman–Crippen LogP) is 2.32. The first-order chi connectivity index (χ1) is 9.90. The molecule has 0 radical (unpaired) electrons. The van der Waals surface area contributed by atoms with Gasteiger partial charge >= 0.3 is 0 Å². The summed E-state index contributed by atoms with van der Waals surface area (Å²) >= 11 is 0. The van der Waals surface area contributed by atoms with Crippen molar-refractivity contribution in [2.24, 2.45) is 7.05 Å². The van der Waals surface area contributed by atoms with Crippen LogP contribution in [-0.2, 0) is 20.1 Å². The number of aryl methyl sites for hydroxylation is 2. The zero-order valence-corrected chi connectivity index (χ0v) is 13.3. The maximum absolute atomic E-state index is 12.6. The van der Waals surface area contributed by atoms with Crippen LogP contribution in [0.3, 0.4) is 0 Å². The first-order valence-electron chi connectivity index (χ1n) is 7.24. The minimum absolute atomic E-state index is 0.0151. The standard InChI is InChI=1S/C17H21N3O/c1-10-6-7-13(15-9-19(4)8-14(10)15)16-17(21)20(5)12(3)11(2)18-16/h6-7H,8-9H2,1-5H3. The van der Waals surface area contributed by atoms with Crippen molar-refractivity contribution in [1.82, 2.24) is 14.5 Å². The van der Waals surface area contributed by atoms with Crippen LogP contribution in [0.4, 0.5) is 0 Å². The molecule has 21 heavy (non-hydrogen) atoms. The largest absolute Gasteiger partial charge is 0.312 e. The monoisotopic (exact) mass is 283 g/mol. The van der Waals surface area contributed by atoms with E-state index in [2.05, 4.69) is 29.9 Å². The molecule has 2 aromatic rings. The molecule has 0 unspecified atom stereocenters. The van der Waals surface area contributed by atoms with Gasteiger partial charge in [0.1, 0.15) is 5.69 Å². The summed E-state index contributed by atoms with van der Waals surface area (Å²) in [5.74, 6) is 0. The fraction of sp³-hybridized carbons (Fsp3) is 0.412. The lowest BCUT2D eigenvalue weighted by atomic mass is 9.97. The molecule has 0 fully saturated rings. The third-order valence-corrected chi connectivity index (χ3v) is 4.59. The van der Waals surface area contributed by atoms with E-state index in [1.54, 1.807) is 4.57 Å². The highest BCUT2D eigenvalue weighted by atomic mass is 16.1. The number of hydrogen-bond donors (Lipinski definition) is 0. The Morgan fingerprint density at radius 1 is 1.05 bits per heavy atom. The highest BCUT2D eigenvalue weighted by Gasteiger charge is 2.23. The van der Waals surface area contributed by atoms with Gasteiger partial charge in [0.15, 0.2) is 0 Å². The fourth-order valence-electron chi connectivity index (χ4n) is 3.05. The number of nitrogens with zero attached hydrogens (tertiary/aromatic N) is 3. The molecule has 0 amide bonds. The second-order valence-corrected chi connectivity index (χ2v) is 6.05. The summed E-state index contributed by atoms with van der Waals surface area (Å²) in [7, 11) is 3.92. The van der Waals surface area contributed by atoms with Gasteiger partial charge in [0.25, 0.3) is 5.56 Å². The summed E-state index contributed by atoms with van der Waals surface area (Å²) in [5.41, 5.74) is 7.27. The maximum atomic E-state index is 12.6. The van der Waals surface area contributed by atoms with Gasteiger partial charge in [-0.05, 0) is 44.5 Å². The Balaban J connectivity index is 2.29. The molecule has 1 aliphatic heterocycles. The maximum Gasteiger partial charge on any atom is 0.277 e. The Bertz CT molecular complexity index is 790. The van der Waals surface area contributed by atoms with Gasteiger partial charge in [-0.15, -0.1) is 0 Å². The van der Waals surface area contributed by atoms with Crippen LogP contribution in [0.5, 0.6) is 0 Å². The molecular weight excluding hydrogens is 262 g/mol. The molecule has 1 aromatic carbocycles. The number of hydrogen-bond acceptors (Lipinski definition) is 3. The highest BCUT2D eigenvalue weighted by molar-refractivity contribution is 5.67. The highest BCUT2D eigenvalue weighted by Crippen LogP contribution is 2.32. The van der Waals surface area contributed by atoms with Crippen LogP contribution in [-0.4, -0.2) is 21.5 Å². The first kappa shape index (κ1) is 14.0. The van der Waals surface area contributed by atoms with E-state index in [0.717, 1.165) is 30.0 Å². The Hall–Kier alpha value is -1.94. The topological polar surface area (TPSA) is 38.1 Å². The molecule has 4 nitrogen and oxygen atoms in total. The number of rotatable bonds is 1. The van der Waals surface area contributed by atoms with Crippen molar-refractivity contribution in [1.29, 1.82) is 0 Å². The van der Waals surface area contributed by atoms with Crippen LogP contribution in [0.1, 0.15) is 28.1 Å². The molecular formula is C17H21N3O. The molecule has 0 N–H and O–H groups in total. The van der Waals surface area contributed by atoms with Gasteiger partial charge in [-0.3, -0.25) is 9.69 Å². The van der Waals surface area contributed by atoms with Crippen molar-refractivity contribution in [2.45, 2.75) is 33.9 Å². The number of fused-ring (bicyclic) bond motifs is 1. The van der Waals surface area contributed by atoms with E-state index >= 15 is 0 Å². The SMILES string of the molecule is Cc1ccc(-c2nc(C)c(C)n(C)c2=O)c2c1CN(C)C2. The van der Waals surface area contributed by atoms with Gasteiger partial charge in [0, 0.05) is 31.4 Å². The molecule has 0 bridgehead atoms.